The lowest BCUT2D eigenvalue weighted by Gasteiger charge is -2.43. The molecule has 0 saturated heterocycles. The maximum absolute atomic E-state index is 12.4. The first-order valence-electron chi connectivity index (χ1n) is 6.63. The minimum absolute atomic E-state index is 0.0255. The van der Waals surface area contributed by atoms with Gasteiger partial charge in [-0.1, -0.05) is 12.2 Å². The lowest BCUT2D eigenvalue weighted by Crippen LogP contribution is -2.57. The highest BCUT2D eigenvalue weighted by atomic mass is 16.4. The number of carboxylic acids is 1. The highest BCUT2D eigenvalue weighted by molar-refractivity contribution is 5.83. The molecule has 1 aliphatic carbocycles. The van der Waals surface area contributed by atoms with Crippen molar-refractivity contribution in [2.75, 3.05) is 20.1 Å². The van der Waals surface area contributed by atoms with Crippen molar-refractivity contribution in [2.45, 2.75) is 24.9 Å². The van der Waals surface area contributed by atoms with E-state index in [-0.39, 0.29) is 36.4 Å². The van der Waals surface area contributed by atoms with Crippen molar-refractivity contribution in [2.24, 2.45) is 17.6 Å². The third-order valence-corrected chi connectivity index (χ3v) is 4.05. The van der Waals surface area contributed by atoms with Crippen molar-refractivity contribution >= 4 is 11.9 Å². The smallest absolute Gasteiger partial charge is 0.323 e. The molecule has 1 aliphatic heterocycles. The van der Waals surface area contributed by atoms with Crippen LogP contribution in [0.5, 0.6) is 0 Å². The summed E-state index contributed by atoms with van der Waals surface area (Å²) in [6, 6.07) is 0.0976. The van der Waals surface area contributed by atoms with Crippen LogP contribution in [0.3, 0.4) is 0 Å². The minimum Gasteiger partial charge on any atom is -0.480 e. The van der Waals surface area contributed by atoms with Gasteiger partial charge in [0.25, 0.3) is 0 Å². The van der Waals surface area contributed by atoms with Gasteiger partial charge in [0.2, 0.25) is 5.91 Å². The maximum atomic E-state index is 12.4. The fourth-order valence-corrected chi connectivity index (χ4v) is 3.09. The van der Waals surface area contributed by atoms with Crippen molar-refractivity contribution in [3.63, 3.8) is 0 Å². The van der Waals surface area contributed by atoms with Gasteiger partial charge in [-0.25, -0.2) is 0 Å². The number of hydrogen-bond acceptors (Lipinski definition) is 4. The SMILES string of the molecule is CN(CC(=O)O)C(=O)C1CCC(N)C2C=CCNC12. The van der Waals surface area contributed by atoms with Crippen molar-refractivity contribution < 1.29 is 14.7 Å². The summed E-state index contributed by atoms with van der Waals surface area (Å²) in [5, 5.41) is 12.1. The van der Waals surface area contributed by atoms with Crippen molar-refractivity contribution in [3.8, 4) is 0 Å². The number of amides is 1. The van der Waals surface area contributed by atoms with Gasteiger partial charge in [0.1, 0.15) is 6.54 Å². The number of hydrogen-bond donors (Lipinski definition) is 3. The first-order chi connectivity index (χ1) is 9.00. The lowest BCUT2D eigenvalue weighted by molar-refractivity contribution is -0.146. The summed E-state index contributed by atoms with van der Waals surface area (Å²) in [5.74, 6) is -1.11. The molecule has 6 nitrogen and oxygen atoms in total. The van der Waals surface area contributed by atoms with Crippen LogP contribution in [0.4, 0.5) is 0 Å². The zero-order valence-corrected chi connectivity index (χ0v) is 11.1. The van der Waals surface area contributed by atoms with Gasteiger partial charge < -0.3 is 21.1 Å². The summed E-state index contributed by atoms with van der Waals surface area (Å²) in [4.78, 5) is 24.3. The van der Waals surface area contributed by atoms with E-state index in [0.717, 1.165) is 13.0 Å². The average molecular weight is 267 g/mol. The molecule has 4 N–H and O–H groups in total. The molecule has 0 bridgehead atoms. The molecule has 6 heteroatoms. The number of nitrogens with zero attached hydrogens (tertiary/aromatic N) is 1. The highest BCUT2D eigenvalue weighted by Gasteiger charge is 2.41. The molecule has 1 saturated carbocycles. The standard InChI is InChI=1S/C13H21N3O3/c1-16(7-11(17)18)13(19)9-4-5-10(14)8-3-2-6-15-12(8)9/h2-3,8-10,12,15H,4-7,14H2,1H3,(H,17,18). The summed E-state index contributed by atoms with van der Waals surface area (Å²) < 4.78 is 0. The molecule has 106 valence electrons. The van der Waals surface area contributed by atoms with E-state index in [2.05, 4.69) is 11.4 Å². The van der Waals surface area contributed by atoms with Crippen LogP contribution in [0.15, 0.2) is 12.2 Å². The summed E-state index contributed by atoms with van der Waals surface area (Å²) in [7, 11) is 1.54. The molecule has 19 heavy (non-hydrogen) atoms. The van der Waals surface area contributed by atoms with Crippen LogP contribution in [0.25, 0.3) is 0 Å². The fraction of sp³-hybridized carbons (Fsp3) is 0.692. The van der Waals surface area contributed by atoms with E-state index in [1.807, 2.05) is 6.08 Å². The first kappa shape index (κ1) is 14.0. The Kier molecular flexibility index (Phi) is 4.21. The van der Waals surface area contributed by atoms with E-state index in [9.17, 15) is 9.59 Å². The van der Waals surface area contributed by atoms with Crippen LogP contribution in [-0.4, -0.2) is 54.1 Å². The largest absolute Gasteiger partial charge is 0.480 e. The molecule has 2 rings (SSSR count). The normalized spacial score (nSPS) is 33.6. The van der Waals surface area contributed by atoms with Crippen molar-refractivity contribution in [1.82, 2.24) is 10.2 Å². The Morgan fingerprint density at radius 3 is 2.89 bits per heavy atom. The number of nitrogens with one attached hydrogen (secondary N) is 1. The predicted octanol–water partition coefficient (Wildman–Crippen LogP) is -0.589. The van der Waals surface area contributed by atoms with Gasteiger partial charge in [-0.3, -0.25) is 9.59 Å². The number of likely N-dealkylation sites (N-methyl/N-ethyl adjacent to an activating group) is 1. The van der Waals surface area contributed by atoms with Gasteiger partial charge in [-0.15, -0.1) is 0 Å². The Morgan fingerprint density at radius 1 is 1.47 bits per heavy atom. The van der Waals surface area contributed by atoms with Gasteiger partial charge in [0, 0.05) is 31.6 Å². The zero-order chi connectivity index (χ0) is 14.0. The number of nitrogens with two attached hydrogens (primary N) is 1. The highest BCUT2D eigenvalue weighted by Crippen LogP contribution is 2.32. The van der Waals surface area contributed by atoms with E-state index in [4.69, 9.17) is 10.8 Å². The zero-order valence-electron chi connectivity index (χ0n) is 11.1. The van der Waals surface area contributed by atoms with Crippen molar-refractivity contribution in [3.05, 3.63) is 12.2 Å². The molecule has 1 fully saturated rings. The topological polar surface area (TPSA) is 95.7 Å². The predicted molar refractivity (Wildman–Crippen MR) is 70.4 cm³/mol. The molecule has 1 amide bonds. The number of carbonyl (C=O) groups is 2. The number of rotatable bonds is 3. The lowest BCUT2D eigenvalue weighted by atomic mass is 9.72. The summed E-state index contributed by atoms with van der Waals surface area (Å²) in [5.41, 5.74) is 6.10. The third-order valence-electron chi connectivity index (χ3n) is 4.05. The van der Waals surface area contributed by atoms with E-state index in [0.29, 0.717) is 6.42 Å². The van der Waals surface area contributed by atoms with Crippen LogP contribution >= 0.6 is 0 Å². The third kappa shape index (κ3) is 2.96. The van der Waals surface area contributed by atoms with Crippen molar-refractivity contribution in [1.29, 1.82) is 0 Å². The Balaban J connectivity index is 2.09. The number of fused-ring (bicyclic) bond motifs is 1. The Labute approximate surface area is 112 Å². The Morgan fingerprint density at radius 2 is 2.21 bits per heavy atom. The second-order valence-electron chi connectivity index (χ2n) is 5.38. The van der Waals surface area contributed by atoms with E-state index >= 15 is 0 Å². The van der Waals surface area contributed by atoms with E-state index < -0.39 is 5.97 Å². The van der Waals surface area contributed by atoms with Crippen LogP contribution < -0.4 is 11.1 Å². The molecule has 0 aromatic heterocycles. The second kappa shape index (κ2) is 5.71. The Bertz CT molecular complexity index is 397. The minimum atomic E-state index is -0.989. The fourth-order valence-electron chi connectivity index (χ4n) is 3.09. The number of carboxylic acid groups (broad SMARTS) is 1. The summed E-state index contributed by atoms with van der Waals surface area (Å²) >= 11 is 0. The molecular formula is C13H21N3O3. The van der Waals surface area contributed by atoms with E-state index in [1.165, 1.54) is 4.90 Å². The molecule has 0 radical (unpaired) electrons. The van der Waals surface area contributed by atoms with Gasteiger partial charge in [0.05, 0.1) is 5.92 Å². The quantitative estimate of drug-likeness (QED) is 0.594. The first-order valence-corrected chi connectivity index (χ1v) is 6.63. The van der Waals surface area contributed by atoms with Gasteiger partial charge in [0.15, 0.2) is 0 Å². The van der Waals surface area contributed by atoms with Crippen LogP contribution in [0, 0.1) is 11.8 Å². The molecule has 0 aromatic rings. The second-order valence-corrected chi connectivity index (χ2v) is 5.38. The van der Waals surface area contributed by atoms with E-state index in [1.54, 1.807) is 7.05 Å². The monoisotopic (exact) mass is 267 g/mol. The van der Waals surface area contributed by atoms with Crippen LogP contribution in [-0.2, 0) is 9.59 Å². The molecule has 1 heterocycles. The molecule has 4 atom stereocenters. The number of carbonyl (C=O) groups excluding carboxylic acids is 1. The van der Waals surface area contributed by atoms with Crippen LogP contribution in [0.1, 0.15) is 12.8 Å². The molecule has 0 spiro atoms. The molecule has 2 aliphatic rings. The molecule has 4 unspecified atom stereocenters. The van der Waals surface area contributed by atoms with Gasteiger partial charge in [-0.2, -0.15) is 0 Å². The maximum Gasteiger partial charge on any atom is 0.323 e. The average Bonchev–Trinajstić information content (AvgIpc) is 2.38. The van der Waals surface area contributed by atoms with Crippen LogP contribution in [0.2, 0.25) is 0 Å². The molecule has 0 aromatic carbocycles. The molecular weight excluding hydrogens is 246 g/mol. The Hall–Kier alpha value is -1.40. The number of aliphatic carboxylic acids is 1. The summed E-state index contributed by atoms with van der Waals surface area (Å²) in [6.45, 7) is 0.481. The van der Waals surface area contributed by atoms with Gasteiger partial charge in [-0.05, 0) is 12.8 Å². The summed E-state index contributed by atoms with van der Waals surface area (Å²) in [6.07, 6.45) is 5.63. The van der Waals surface area contributed by atoms with Gasteiger partial charge >= 0.3 is 5.97 Å².